The minimum atomic E-state index is -0.198. The Balaban J connectivity index is 2.55. The highest BCUT2D eigenvalue weighted by atomic mass is 35.5. The van der Waals surface area contributed by atoms with Crippen molar-refractivity contribution < 1.29 is 4.74 Å². The number of methoxy groups -OCH3 is 1. The molecule has 0 saturated heterocycles. The van der Waals surface area contributed by atoms with Crippen LogP contribution in [-0.4, -0.2) is 17.1 Å². The normalized spacial score (nSPS) is 12.4. The van der Waals surface area contributed by atoms with Gasteiger partial charge in [-0.3, -0.25) is 0 Å². The number of rotatable bonds is 4. The van der Waals surface area contributed by atoms with Crippen molar-refractivity contribution in [3.63, 3.8) is 0 Å². The van der Waals surface area contributed by atoms with Crippen molar-refractivity contribution in [3.8, 4) is 11.1 Å². The van der Waals surface area contributed by atoms with Crippen LogP contribution in [0.4, 0.5) is 0 Å². The van der Waals surface area contributed by atoms with E-state index < -0.39 is 0 Å². The lowest BCUT2D eigenvalue weighted by molar-refractivity contribution is 0.0926. The first-order valence-corrected chi connectivity index (χ1v) is 7.15. The molecular weight excluding hydrogens is 295 g/mol. The second kappa shape index (κ2) is 6.53. The lowest BCUT2D eigenvalue weighted by atomic mass is 10.0. The van der Waals surface area contributed by atoms with Crippen LogP contribution in [0.15, 0.2) is 24.3 Å². The second-order valence-electron chi connectivity index (χ2n) is 4.49. The largest absolute Gasteiger partial charge is 0.373 e. The first-order valence-electron chi connectivity index (χ1n) is 6.40. The highest BCUT2D eigenvalue weighted by Gasteiger charge is 2.19. The minimum Gasteiger partial charge on any atom is -0.373 e. The number of aromatic nitrogens is 2. The van der Waals surface area contributed by atoms with E-state index in [0.717, 1.165) is 17.5 Å². The van der Waals surface area contributed by atoms with Gasteiger partial charge in [0, 0.05) is 7.11 Å². The number of aryl methyl sites for hydroxylation is 1. The zero-order chi connectivity index (χ0) is 14.7. The van der Waals surface area contributed by atoms with Crippen LogP contribution >= 0.6 is 23.2 Å². The molecule has 0 bridgehead atoms. The van der Waals surface area contributed by atoms with Crippen molar-refractivity contribution in [1.29, 1.82) is 0 Å². The summed E-state index contributed by atoms with van der Waals surface area (Å²) in [6, 6.07) is 7.86. The third-order valence-corrected chi connectivity index (χ3v) is 3.74. The fourth-order valence-electron chi connectivity index (χ4n) is 2.10. The Labute approximate surface area is 128 Å². The lowest BCUT2D eigenvalue weighted by Crippen LogP contribution is -2.07. The summed E-state index contributed by atoms with van der Waals surface area (Å²) in [5.74, 6) is 0.516. The average Bonchev–Trinajstić information content (AvgIpc) is 2.41. The van der Waals surface area contributed by atoms with Gasteiger partial charge >= 0.3 is 0 Å². The predicted octanol–water partition coefficient (Wildman–Crippen LogP) is 4.86. The molecule has 0 radical (unpaired) electrons. The summed E-state index contributed by atoms with van der Waals surface area (Å²) in [6.45, 7) is 3.99. The maximum Gasteiger partial charge on any atom is 0.160 e. The van der Waals surface area contributed by atoms with Gasteiger partial charge in [-0.1, -0.05) is 54.4 Å². The molecule has 5 heteroatoms. The Morgan fingerprint density at radius 2 is 1.75 bits per heavy atom. The molecule has 0 fully saturated rings. The smallest absolute Gasteiger partial charge is 0.160 e. The Kier molecular flexibility index (Phi) is 4.97. The van der Waals surface area contributed by atoms with Crippen LogP contribution in [0.3, 0.4) is 0 Å². The summed E-state index contributed by atoms with van der Waals surface area (Å²) in [6.07, 6.45) is 0.559. The number of ether oxygens (including phenoxy) is 1. The third kappa shape index (κ3) is 2.95. The molecule has 0 saturated carbocycles. The maximum absolute atomic E-state index is 6.31. The van der Waals surface area contributed by atoms with Crippen molar-refractivity contribution in [3.05, 3.63) is 46.0 Å². The number of nitrogens with zero attached hydrogens (tertiary/aromatic N) is 2. The molecular formula is C15H16Cl2N2O. The summed E-state index contributed by atoms with van der Waals surface area (Å²) in [5, 5.41) is 0.703. The van der Waals surface area contributed by atoms with E-state index in [1.807, 2.05) is 38.1 Å². The van der Waals surface area contributed by atoms with E-state index in [0.29, 0.717) is 21.7 Å². The summed E-state index contributed by atoms with van der Waals surface area (Å²) in [7, 11) is 1.62. The van der Waals surface area contributed by atoms with Crippen LogP contribution < -0.4 is 0 Å². The Bertz CT molecular complexity index is 590. The van der Waals surface area contributed by atoms with E-state index in [-0.39, 0.29) is 6.10 Å². The van der Waals surface area contributed by atoms with E-state index in [4.69, 9.17) is 27.9 Å². The van der Waals surface area contributed by atoms with Crippen LogP contribution in [0.25, 0.3) is 11.1 Å². The van der Waals surface area contributed by atoms with Gasteiger partial charge in [-0.25, -0.2) is 9.97 Å². The third-order valence-electron chi connectivity index (χ3n) is 3.20. The van der Waals surface area contributed by atoms with E-state index in [1.165, 1.54) is 0 Å². The molecule has 0 aliphatic carbocycles. The molecule has 0 N–H and O–H groups in total. The summed E-state index contributed by atoms with van der Waals surface area (Å²) in [4.78, 5) is 8.68. The summed E-state index contributed by atoms with van der Waals surface area (Å²) >= 11 is 12.6. The molecule has 1 unspecified atom stereocenters. The first-order chi connectivity index (χ1) is 9.58. The highest BCUT2D eigenvalue weighted by molar-refractivity contribution is 6.37. The molecule has 0 spiro atoms. The molecule has 2 aromatic rings. The molecule has 0 aliphatic rings. The van der Waals surface area contributed by atoms with Crippen LogP contribution in [-0.2, 0) is 4.74 Å². The van der Waals surface area contributed by atoms with Crippen molar-refractivity contribution in [1.82, 2.24) is 9.97 Å². The standard InChI is InChI=1S/C15H16Cl2N2O/c1-4-11(20-3)15-18-13(16)12(14(17)19-15)10-8-6-5-7-9(10)2/h5-8,11H,4H2,1-3H3. The summed E-state index contributed by atoms with van der Waals surface area (Å²) in [5.41, 5.74) is 2.69. The van der Waals surface area contributed by atoms with Gasteiger partial charge in [-0.05, 0) is 24.5 Å². The van der Waals surface area contributed by atoms with Crippen molar-refractivity contribution in [2.75, 3.05) is 7.11 Å². The topological polar surface area (TPSA) is 35.0 Å². The van der Waals surface area contributed by atoms with Gasteiger partial charge in [-0.15, -0.1) is 0 Å². The SMILES string of the molecule is CCC(OC)c1nc(Cl)c(-c2ccccc2C)c(Cl)n1. The van der Waals surface area contributed by atoms with Crippen LogP contribution in [0.2, 0.25) is 10.3 Å². The van der Waals surface area contributed by atoms with Gasteiger partial charge in [0.15, 0.2) is 5.82 Å². The van der Waals surface area contributed by atoms with Gasteiger partial charge in [0.2, 0.25) is 0 Å². The van der Waals surface area contributed by atoms with Crippen molar-refractivity contribution in [2.24, 2.45) is 0 Å². The van der Waals surface area contributed by atoms with Gasteiger partial charge < -0.3 is 4.74 Å². The molecule has 2 rings (SSSR count). The Morgan fingerprint density at radius 1 is 1.15 bits per heavy atom. The maximum atomic E-state index is 6.31. The number of hydrogen-bond donors (Lipinski definition) is 0. The zero-order valence-corrected chi connectivity index (χ0v) is 13.2. The van der Waals surface area contributed by atoms with E-state index >= 15 is 0 Å². The zero-order valence-electron chi connectivity index (χ0n) is 11.7. The van der Waals surface area contributed by atoms with Gasteiger partial charge in [0.05, 0.1) is 5.56 Å². The molecule has 1 atom stereocenters. The number of hydrogen-bond acceptors (Lipinski definition) is 3. The molecule has 106 valence electrons. The average molecular weight is 311 g/mol. The van der Waals surface area contributed by atoms with Crippen LogP contribution in [0.5, 0.6) is 0 Å². The predicted molar refractivity (Wildman–Crippen MR) is 82.3 cm³/mol. The van der Waals surface area contributed by atoms with Crippen molar-refractivity contribution >= 4 is 23.2 Å². The fourth-order valence-corrected chi connectivity index (χ4v) is 2.70. The molecule has 20 heavy (non-hydrogen) atoms. The quantitative estimate of drug-likeness (QED) is 0.757. The Morgan fingerprint density at radius 3 is 2.25 bits per heavy atom. The molecule has 1 aromatic heterocycles. The van der Waals surface area contributed by atoms with Gasteiger partial charge in [-0.2, -0.15) is 0 Å². The monoisotopic (exact) mass is 310 g/mol. The molecule has 0 aliphatic heterocycles. The van der Waals surface area contributed by atoms with Crippen LogP contribution in [0, 0.1) is 6.92 Å². The molecule has 0 amide bonds. The fraction of sp³-hybridized carbons (Fsp3) is 0.333. The van der Waals surface area contributed by atoms with Crippen LogP contribution in [0.1, 0.15) is 30.8 Å². The van der Waals surface area contributed by atoms with E-state index in [2.05, 4.69) is 9.97 Å². The van der Waals surface area contributed by atoms with E-state index in [9.17, 15) is 0 Å². The van der Waals surface area contributed by atoms with Gasteiger partial charge in [0.25, 0.3) is 0 Å². The highest BCUT2D eigenvalue weighted by Crippen LogP contribution is 2.35. The molecule has 3 nitrogen and oxygen atoms in total. The molecule has 1 aromatic carbocycles. The van der Waals surface area contributed by atoms with Crippen molar-refractivity contribution in [2.45, 2.75) is 26.4 Å². The molecule has 1 heterocycles. The number of halogens is 2. The first kappa shape index (κ1) is 15.2. The second-order valence-corrected chi connectivity index (χ2v) is 5.20. The number of benzene rings is 1. The van der Waals surface area contributed by atoms with Gasteiger partial charge in [0.1, 0.15) is 16.4 Å². The minimum absolute atomic E-state index is 0.198. The Hall–Kier alpha value is -1.16. The summed E-state index contributed by atoms with van der Waals surface area (Å²) < 4.78 is 5.32. The lowest BCUT2D eigenvalue weighted by Gasteiger charge is -2.15. The van der Waals surface area contributed by atoms with E-state index in [1.54, 1.807) is 7.11 Å².